The Morgan fingerprint density at radius 1 is 0.680 bits per heavy atom. The van der Waals surface area contributed by atoms with Gasteiger partial charge in [-0.25, -0.2) is 0 Å². The highest BCUT2D eigenvalue weighted by Crippen LogP contribution is 2.30. The Bertz CT molecular complexity index is 306. The molecule has 1 unspecified atom stereocenters. The van der Waals surface area contributed by atoms with E-state index in [1.165, 1.54) is 77.0 Å². The minimum Gasteiger partial charge on any atom is -0.395 e. The number of nitrogens with two attached hydrogens (primary N) is 1. The number of hydrogen-bond acceptors (Lipinski definition) is 2. The van der Waals surface area contributed by atoms with Gasteiger partial charge in [0.25, 0.3) is 0 Å². The van der Waals surface area contributed by atoms with Gasteiger partial charge in [-0.05, 0) is 12.8 Å². The highest BCUT2D eigenvalue weighted by atomic mass is 16.3. The fourth-order valence-corrected chi connectivity index (χ4v) is 3.74. The Kier molecular flexibility index (Phi) is 16.5. The summed E-state index contributed by atoms with van der Waals surface area (Å²) in [5.74, 6) is -0.327. The second-order valence-electron chi connectivity index (χ2n) is 7.90. The number of carbonyl (C=O) groups excluding carboxylic acids is 1. The van der Waals surface area contributed by atoms with Crippen molar-refractivity contribution in [3.63, 3.8) is 0 Å². The van der Waals surface area contributed by atoms with Crippen LogP contribution in [0.4, 0.5) is 0 Å². The lowest BCUT2D eigenvalue weighted by Crippen LogP contribution is -2.40. The molecule has 0 heterocycles. The summed E-state index contributed by atoms with van der Waals surface area (Å²) >= 11 is 0. The van der Waals surface area contributed by atoms with Gasteiger partial charge in [0.05, 0.1) is 12.0 Å². The highest BCUT2D eigenvalue weighted by Gasteiger charge is 2.34. The largest absolute Gasteiger partial charge is 0.395 e. The molecule has 3 heteroatoms. The monoisotopic (exact) mass is 355 g/mol. The van der Waals surface area contributed by atoms with Gasteiger partial charge in [0.2, 0.25) is 5.91 Å². The van der Waals surface area contributed by atoms with Crippen molar-refractivity contribution >= 4 is 5.91 Å². The predicted octanol–water partition coefficient (Wildman–Crippen LogP) is 6.12. The Hall–Kier alpha value is -0.570. The maximum absolute atomic E-state index is 11.7. The van der Waals surface area contributed by atoms with Crippen molar-refractivity contribution in [3.8, 4) is 0 Å². The summed E-state index contributed by atoms with van der Waals surface area (Å²) in [6.07, 6.45) is 20.9. The van der Waals surface area contributed by atoms with Gasteiger partial charge in [-0.2, -0.15) is 0 Å². The Balaban J connectivity index is 3.47. The fourth-order valence-electron chi connectivity index (χ4n) is 3.74. The zero-order valence-electron chi connectivity index (χ0n) is 17.2. The summed E-state index contributed by atoms with van der Waals surface area (Å²) in [7, 11) is 0. The molecule has 0 spiro atoms. The summed E-state index contributed by atoms with van der Waals surface area (Å²) in [5.41, 5.74) is 4.85. The van der Waals surface area contributed by atoms with E-state index in [0.29, 0.717) is 6.42 Å². The van der Waals surface area contributed by atoms with Crippen molar-refractivity contribution in [1.29, 1.82) is 0 Å². The average molecular weight is 356 g/mol. The first-order valence-electron chi connectivity index (χ1n) is 11.0. The van der Waals surface area contributed by atoms with E-state index in [-0.39, 0.29) is 12.5 Å². The topological polar surface area (TPSA) is 63.3 Å². The van der Waals surface area contributed by atoms with E-state index in [1.807, 2.05) is 6.92 Å². The Morgan fingerprint density at radius 3 is 1.40 bits per heavy atom. The summed E-state index contributed by atoms with van der Waals surface area (Å²) in [6, 6.07) is 0. The zero-order valence-corrected chi connectivity index (χ0v) is 17.2. The van der Waals surface area contributed by atoms with E-state index in [9.17, 15) is 9.90 Å². The van der Waals surface area contributed by atoms with Crippen LogP contribution in [0, 0.1) is 5.41 Å². The standard InChI is InChI=1S/C22H45NO2/c1-3-5-6-7-8-9-10-11-12-13-14-15-16-17-19-22(20-24,18-4-2)21(23)25/h24H,3-20H2,1-2H3,(H2,23,25). The number of rotatable bonds is 19. The molecular weight excluding hydrogens is 310 g/mol. The first kappa shape index (κ1) is 24.4. The molecule has 3 N–H and O–H groups in total. The molecule has 0 aromatic carbocycles. The lowest BCUT2D eigenvalue weighted by molar-refractivity contribution is -0.131. The number of primary amides is 1. The average Bonchev–Trinajstić information content (AvgIpc) is 2.60. The third kappa shape index (κ3) is 12.4. The Morgan fingerprint density at radius 2 is 1.08 bits per heavy atom. The minimum absolute atomic E-state index is 0.103. The quantitative estimate of drug-likeness (QED) is 0.274. The molecule has 0 aliphatic rings. The molecule has 0 rings (SSSR count). The zero-order chi connectivity index (χ0) is 18.8. The lowest BCUT2D eigenvalue weighted by Gasteiger charge is -2.28. The number of carbonyl (C=O) groups is 1. The molecule has 25 heavy (non-hydrogen) atoms. The van der Waals surface area contributed by atoms with Crippen LogP contribution in [-0.4, -0.2) is 17.6 Å². The van der Waals surface area contributed by atoms with Crippen LogP contribution in [0.3, 0.4) is 0 Å². The summed E-state index contributed by atoms with van der Waals surface area (Å²) in [4.78, 5) is 11.7. The van der Waals surface area contributed by atoms with Crippen LogP contribution >= 0.6 is 0 Å². The van der Waals surface area contributed by atoms with Gasteiger partial charge in [-0.3, -0.25) is 4.79 Å². The normalized spacial score (nSPS) is 13.7. The van der Waals surface area contributed by atoms with Crippen LogP contribution in [0.1, 0.15) is 123 Å². The Labute approximate surface area is 157 Å². The molecule has 0 aromatic heterocycles. The van der Waals surface area contributed by atoms with Crippen LogP contribution in [0.25, 0.3) is 0 Å². The molecule has 150 valence electrons. The third-order valence-corrected chi connectivity index (χ3v) is 5.56. The van der Waals surface area contributed by atoms with E-state index < -0.39 is 5.41 Å². The molecule has 0 saturated carbocycles. The number of aliphatic hydroxyl groups excluding tert-OH is 1. The van der Waals surface area contributed by atoms with Gasteiger partial charge in [-0.1, -0.05) is 110 Å². The van der Waals surface area contributed by atoms with Crippen molar-refractivity contribution in [2.45, 2.75) is 123 Å². The maximum atomic E-state index is 11.7. The van der Waals surface area contributed by atoms with E-state index in [1.54, 1.807) is 0 Å². The van der Waals surface area contributed by atoms with Gasteiger partial charge in [0.1, 0.15) is 0 Å². The number of hydrogen-bond donors (Lipinski definition) is 2. The summed E-state index contributed by atoms with van der Waals surface area (Å²) in [6.45, 7) is 4.21. The number of aliphatic hydroxyl groups is 1. The molecule has 0 saturated heterocycles. The number of unbranched alkanes of at least 4 members (excludes halogenated alkanes) is 13. The molecule has 0 fully saturated rings. The number of amides is 1. The molecule has 0 aromatic rings. The van der Waals surface area contributed by atoms with Crippen LogP contribution in [0.2, 0.25) is 0 Å². The molecule has 1 amide bonds. The molecule has 0 bridgehead atoms. The molecule has 0 aliphatic heterocycles. The molecule has 0 radical (unpaired) electrons. The van der Waals surface area contributed by atoms with Crippen LogP contribution in [-0.2, 0) is 4.79 Å². The van der Waals surface area contributed by atoms with Crippen molar-refractivity contribution in [2.75, 3.05) is 6.61 Å². The van der Waals surface area contributed by atoms with E-state index in [2.05, 4.69) is 6.92 Å². The summed E-state index contributed by atoms with van der Waals surface area (Å²) < 4.78 is 0. The molecule has 0 aliphatic carbocycles. The first-order valence-corrected chi connectivity index (χ1v) is 11.0. The van der Waals surface area contributed by atoms with Crippen LogP contribution in [0.15, 0.2) is 0 Å². The minimum atomic E-state index is -0.675. The fraction of sp³-hybridized carbons (Fsp3) is 0.955. The van der Waals surface area contributed by atoms with Gasteiger partial charge in [0, 0.05) is 0 Å². The van der Waals surface area contributed by atoms with Crippen molar-refractivity contribution < 1.29 is 9.90 Å². The summed E-state index contributed by atoms with van der Waals surface area (Å²) in [5, 5.41) is 9.58. The second kappa shape index (κ2) is 16.9. The van der Waals surface area contributed by atoms with Crippen molar-refractivity contribution in [3.05, 3.63) is 0 Å². The predicted molar refractivity (Wildman–Crippen MR) is 109 cm³/mol. The van der Waals surface area contributed by atoms with Gasteiger partial charge < -0.3 is 10.8 Å². The SMILES string of the molecule is CCCCCCCCCCCCCCCCC(CO)(CCC)C(N)=O. The van der Waals surface area contributed by atoms with E-state index in [4.69, 9.17) is 5.73 Å². The van der Waals surface area contributed by atoms with Gasteiger partial charge in [-0.15, -0.1) is 0 Å². The van der Waals surface area contributed by atoms with Crippen molar-refractivity contribution in [2.24, 2.45) is 11.1 Å². The van der Waals surface area contributed by atoms with Gasteiger partial charge >= 0.3 is 0 Å². The van der Waals surface area contributed by atoms with Crippen LogP contribution < -0.4 is 5.73 Å². The van der Waals surface area contributed by atoms with E-state index in [0.717, 1.165) is 25.7 Å². The second-order valence-corrected chi connectivity index (χ2v) is 7.90. The molecule has 1 atom stereocenters. The van der Waals surface area contributed by atoms with Gasteiger partial charge in [0.15, 0.2) is 0 Å². The lowest BCUT2D eigenvalue weighted by atomic mass is 9.78. The third-order valence-electron chi connectivity index (χ3n) is 5.56. The van der Waals surface area contributed by atoms with Crippen LogP contribution in [0.5, 0.6) is 0 Å². The highest BCUT2D eigenvalue weighted by molar-refractivity contribution is 5.80. The molecular formula is C22H45NO2. The van der Waals surface area contributed by atoms with E-state index >= 15 is 0 Å². The smallest absolute Gasteiger partial charge is 0.225 e. The molecule has 3 nitrogen and oxygen atoms in total. The maximum Gasteiger partial charge on any atom is 0.225 e. The van der Waals surface area contributed by atoms with Crippen molar-refractivity contribution in [1.82, 2.24) is 0 Å². The first-order chi connectivity index (χ1) is 12.1.